The minimum atomic E-state index is -0.669. The van der Waals surface area contributed by atoms with Crippen molar-refractivity contribution in [3.05, 3.63) is 23.8 Å². The quantitative estimate of drug-likeness (QED) is 0.939. The average molecular weight is 280 g/mol. The highest BCUT2D eigenvalue weighted by molar-refractivity contribution is 5.79. The van der Waals surface area contributed by atoms with Crippen LogP contribution < -0.4 is 5.73 Å². The highest BCUT2D eigenvalue weighted by Gasteiger charge is 2.40. The van der Waals surface area contributed by atoms with Crippen LogP contribution in [-0.2, 0) is 6.54 Å². The molecule has 1 aromatic carbocycles. The first kappa shape index (κ1) is 13.3. The van der Waals surface area contributed by atoms with E-state index in [0.717, 1.165) is 25.3 Å². The lowest BCUT2D eigenvalue weighted by atomic mass is 9.75. The Hall–Kier alpha value is -1.69. The van der Waals surface area contributed by atoms with Crippen molar-refractivity contribution in [2.45, 2.75) is 31.3 Å². The Kier molecular flexibility index (Phi) is 2.93. The molecule has 3 rings (SSSR count). The largest absolute Gasteiger partial charge is 0.369 e. The van der Waals surface area contributed by atoms with Gasteiger partial charge in [0.05, 0.1) is 5.52 Å². The molecule has 0 atom stereocenters. The van der Waals surface area contributed by atoms with Crippen molar-refractivity contribution in [2.24, 2.45) is 0 Å². The number of likely N-dealkylation sites (N-methyl/N-ethyl adjacent to an activating group) is 1. The standard InChI is InChI=1S/C14H18F2N4/c1-19(2)14(4-3-5-14)8-20-11-7-9(15)6-10(16)12(11)18-13(20)17/h6-7H,3-5,8H2,1-2H3,(H2,17,18). The maximum absolute atomic E-state index is 13.7. The maximum atomic E-state index is 13.7. The normalized spacial score (nSPS) is 17.6. The molecule has 1 aromatic heterocycles. The molecule has 1 aliphatic rings. The van der Waals surface area contributed by atoms with Gasteiger partial charge in [-0.15, -0.1) is 0 Å². The summed E-state index contributed by atoms with van der Waals surface area (Å²) in [5, 5.41) is 0. The van der Waals surface area contributed by atoms with Crippen LogP contribution in [0.2, 0.25) is 0 Å². The fraction of sp³-hybridized carbons (Fsp3) is 0.500. The predicted octanol–water partition coefficient (Wildman–Crippen LogP) is 2.38. The van der Waals surface area contributed by atoms with Gasteiger partial charge in [0, 0.05) is 24.2 Å². The van der Waals surface area contributed by atoms with Gasteiger partial charge in [0.15, 0.2) is 5.82 Å². The Morgan fingerprint density at radius 3 is 2.60 bits per heavy atom. The Morgan fingerprint density at radius 2 is 2.05 bits per heavy atom. The Balaban J connectivity index is 2.09. The van der Waals surface area contributed by atoms with Crippen LogP contribution in [0.25, 0.3) is 11.0 Å². The van der Waals surface area contributed by atoms with E-state index in [9.17, 15) is 8.78 Å². The zero-order valence-corrected chi connectivity index (χ0v) is 11.7. The fourth-order valence-corrected chi connectivity index (χ4v) is 2.96. The molecule has 2 aromatic rings. The highest BCUT2D eigenvalue weighted by Crippen LogP contribution is 2.39. The molecule has 1 aliphatic carbocycles. The number of hydrogen-bond donors (Lipinski definition) is 1. The number of nitrogens with zero attached hydrogens (tertiary/aromatic N) is 3. The molecule has 1 heterocycles. The molecule has 0 saturated heterocycles. The minimum absolute atomic E-state index is 0.00451. The van der Waals surface area contributed by atoms with Gasteiger partial charge >= 0.3 is 0 Å². The summed E-state index contributed by atoms with van der Waals surface area (Å²) in [6.07, 6.45) is 3.27. The number of nitrogen functional groups attached to an aromatic ring is 1. The van der Waals surface area contributed by atoms with Gasteiger partial charge in [-0.2, -0.15) is 0 Å². The SMILES string of the molecule is CN(C)C1(Cn2c(N)nc3c(F)cc(F)cc32)CCC1. The van der Waals surface area contributed by atoms with E-state index in [-0.39, 0.29) is 17.0 Å². The van der Waals surface area contributed by atoms with Crippen molar-refractivity contribution in [3.63, 3.8) is 0 Å². The molecule has 6 heteroatoms. The number of aromatic nitrogens is 2. The topological polar surface area (TPSA) is 47.1 Å². The predicted molar refractivity (Wildman–Crippen MR) is 74.3 cm³/mol. The molecule has 0 radical (unpaired) electrons. The molecule has 20 heavy (non-hydrogen) atoms. The summed E-state index contributed by atoms with van der Waals surface area (Å²) < 4.78 is 28.9. The van der Waals surface area contributed by atoms with Gasteiger partial charge in [0.1, 0.15) is 11.3 Å². The van der Waals surface area contributed by atoms with Crippen LogP contribution in [0.15, 0.2) is 12.1 Å². The summed E-state index contributed by atoms with van der Waals surface area (Å²) in [5.41, 5.74) is 6.47. The van der Waals surface area contributed by atoms with Gasteiger partial charge in [-0.1, -0.05) is 0 Å². The van der Waals surface area contributed by atoms with Crippen LogP contribution >= 0.6 is 0 Å². The van der Waals surface area contributed by atoms with Gasteiger partial charge in [0.2, 0.25) is 5.95 Å². The lowest BCUT2D eigenvalue weighted by molar-refractivity contribution is 0.0440. The first-order valence-corrected chi connectivity index (χ1v) is 6.71. The van der Waals surface area contributed by atoms with Crippen LogP contribution in [-0.4, -0.2) is 34.1 Å². The average Bonchev–Trinajstić information content (AvgIpc) is 2.60. The lowest BCUT2D eigenvalue weighted by Gasteiger charge is -2.47. The molecule has 0 aliphatic heterocycles. The molecular weight excluding hydrogens is 262 g/mol. The molecule has 2 N–H and O–H groups in total. The lowest BCUT2D eigenvalue weighted by Crippen LogP contribution is -2.53. The van der Waals surface area contributed by atoms with Crippen molar-refractivity contribution in [2.75, 3.05) is 19.8 Å². The molecular formula is C14H18F2N4. The number of anilines is 1. The summed E-state index contributed by atoms with van der Waals surface area (Å²) >= 11 is 0. The number of benzene rings is 1. The summed E-state index contributed by atoms with van der Waals surface area (Å²) in [6.45, 7) is 0.602. The monoisotopic (exact) mass is 280 g/mol. The van der Waals surface area contributed by atoms with Crippen LogP contribution in [0.3, 0.4) is 0 Å². The van der Waals surface area contributed by atoms with E-state index >= 15 is 0 Å². The minimum Gasteiger partial charge on any atom is -0.369 e. The van der Waals surface area contributed by atoms with Crippen molar-refractivity contribution in [1.82, 2.24) is 14.5 Å². The molecule has 0 unspecified atom stereocenters. The van der Waals surface area contributed by atoms with Crippen LogP contribution in [0.5, 0.6) is 0 Å². The van der Waals surface area contributed by atoms with E-state index in [1.165, 1.54) is 6.07 Å². The third kappa shape index (κ3) is 1.86. The molecule has 1 saturated carbocycles. The van der Waals surface area contributed by atoms with Gasteiger partial charge in [-0.05, 0) is 33.4 Å². The zero-order valence-electron chi connectivity index (χ0n) is 11.7. The number of hydrogen-bond acceptors (Lipinski definition) is 3. The van der Waals surface area contributed by atoms with Crippen molar-refractivity contribution < 1.29 is 8.78 Å². The van der Waals surface area contributed by atoms with Gasteiger partial charge in [0.25, 0.3) is 0 Å². The summed E-state index contributed by atoms with van der Waals surface area (Å²) in [7, 11) is 4.05. The number of imidazole rings is 1. The van der Waals surface area contributed by atoms with Gasteiger partial charge in [-0.3, -0.25) is 0 Å². The molecule has 0 spiro atoms. The second-order valence-corrected chi connectivity index (χ2v) is 5.78. The van der Waals surface area contributed by atoms with Crippen molar-refractivity contribution in [1.29, 1.82) is 0 Å². The number of fused-ring (bicyclic) bond motifs is 1. The van der Waals surface area contributed by atoms with E-state index < -0.39 is 11.6 Å². The third-order valence-corrected chi connectivity index (χ3v) is 4.49. The zero-order chi connectivity index (χ0) is 14.5. The molecule has 108 valence electrons. The van der Waals surface area contributed by atoms with E-state index in [2.05, 4.69) is 9.88 Å². The van der Waals surface area contributed by atoms with E-state index in [1.54, 1.807) is 4.57 Å². The maximum Gasteiger partial charge on any atom is 0.201 e. The van der Waals surface area contributed by atoms with Gasteiger partial charge in [-0.25, -0.2) is 13.8 Å². The molecule has 4 nitrogen and oxygen atoms in total. The van der Waals surface area contributed by atoms with Gasteiger partial charge < -0.3 is 15.2 Å². The Morgan fingerprint density at radius 1 is 1.35 bits per heavy atom. The second-order valence-electron chi connectivity index (χ2n) is 5.78. The molecule has 1 fully saturated rings. The second kappa shape index (κ2) is 4.41. The van der Waals surface area contributed by atoms with E-state index in [1.807, 2.05) is 14.1 Å². The van der Waals surface area contributed by atoms with E-state index in [0.29, 0.717) is 12.1 Å². The summed E-state index contributed by atoms with van der Waals surface area (Å²) in [4.78, 5) is 6.20. The summed E-state index contributed by atoms with van der Waals surface area (Å²) in [5.74, 6) is -1.04. The number of halogens is 2. The third-order valence-electron chi connectivity index (χ3n) is 4.49. The summed E-state index contributed by atoms with van der Waals surface area (Å²) in [6, 6.07) is 2.13. The number of rotatable bonds is 3. The first-order chi connectivity index (χ1) is 9.43. The smallest absolute Gasteiger partial charge is 0.201 e. The Labute approximate surface area is 116 Å². The molecule has 0 bridgehead atoms. The van der Waals surface area contributed by atoms with Crippen LogP contribution in [0.1, 0.15) is 19.3 Å². The highest BCUT2D eigenvalue weighted by atomic mass is 19.1. The van der Waals surface area contributed by atoms with Crippen LogP contribution in [0.4, 0.5) is 14.7 Å². The van der Waals surface area contributed by atoms with Crippen molar-refractivity contribution >= 4 is 17.0 Å². The fourth-order valence-electron chi connectivity index (χ4n) is 2.96. The van der Waals surface area contributed by atoms with E-state index in [4.69, 9.17) is 5.73 Å². The first-order valence-electron chi connectivity index (χ1n) is 6.71. The number of nitrogens with two attached hydrogens (primary N) is 1. The Bertz CT molecular complexity index is 659. The molecule has 0 amide bonds. The van der Waals surface area contributed by atoms with Crippen LogP contribution in [0, 0.1) is 11.6 Å². The van der Waals surface area contributed by atoms with Crippen molar-refractivity contribution in [3.8, 4) is 0 Å².